The van der Waals surface area contributed by atoms with E-state index in [9.17, 15) is 14.4 Å². The van der Waals surface area contributed by atoms with Crippen LogP contribution in [0.5, 0.6) is 5.75 Å². The largest absolute Gasteiger partial charge is 0.497 e. The number of ketones is 1. The van der Waals surface area contributed by atoms with E-state index in [-0.39, 0.29) is 0 Å². The summed E-state index contributed by atoms with van der Waals surface area (Å²) in [6, 6.07) is 6.60. The Balaban J connectivity index is 2.18. The summed E-state index contributed by atoms with van der Waals surface area (Å²) in [5.74, 6) is -1.18. The summed E-state index contributed by atoms with van der Waals surface area (Å²) in [4.78, 5) is 34.4. The second-order valence-corrected chi connectivity index (χ2v) is 3.97. The molecule has 2 amide bonds. The van der Waals surface area contributed by atoms with Crippen LogP contribution in [0.2, 0.25) is 0 Å². The third-order valence-corrected chi connectivity index (χ3v) is 2.61. The lowest BCUT2D eigenvalue weighted by molar-refractivity contribution is -0.135. The molecule has 2 N–H and O–H groups in total. The standard InChI is InChI=1S/C12H13N3O4/c1-7(16)13-11-10(17)12(18)15(14-11)8-3-5-9(19-2)6-4-8/h3-6,11,14H,1-2H3,(H,13,16). The number of methoxy groups -OCH3 is 1. The molecular weight excluding hydrogens is 250 g/mol. The molecule has 7 nitrogen and oxygen atoms in total. The normalized spacial score (nSPS) is 18.6. The van der Waals surface area contributed by atoms with Crippen molar-refractivity contribution < 1.29 is 19.1 Å². The van der Waals surface area contributed by atoms with Crippen molar-refractivity contribution in [3.8, 4) is 5.75 Å². The van der Waals surface area contributed by atoms with Crippen molar-refractivity contribution in [2.75, 3.05) is 12.1 Å². The number of nitrogens with zero attached hydrogens (tertiary/aromatic N) is 1. The molecule has 2 rings (SSSR count). The van der Waals surface area contributed by atoms with Crippen molar-refractivity contribution in [1.29, 1.82) is 0 Å². The monoisotopic (exact) mass is 263 g/mol. The molecule has 1 aliphatic heterocycles. The fraction of sp³-hybridized carbons (Fsp3) is 0.250. The fourth-order valence-electron chi connectivity index (χ4n) is 1.70. The molecular formula is C12H13N3O4. The zero-order chi connectivity index (χ0) is 14.0. The molecule has 19 heavy (non-hydrogen) atoms. The van der Waals surface area contributed by atoms with E-state index in [0.717, 1.165) is 5.01 Å². The summed E-state index contributed by atoms with van der Waals surface area (Å²) in [6.45, 7) is 1.27. The highest BCUT2D eigenvalue weighted by molar-refractivity contribution is 6.45. The number of ether oxygens (including phenoxy) is 1. The highest BCUT2D eigenvalue weighted by atomic mass is 16.5. The third-order valence-electron chi connectivity index (χ3n) is 2.61. The minimum atomic E-state index is -1.02. The average molecular weight is 263 g/mol. The van der Waals surface area contributed by atoms with Crippen molar-refractivity contribution in [1.82, 2.24) is 10.7 Å². The molecule has 100 valence electrons. The van der Waals surface area contributed by atoms with Gasteiger partial charge in [0, 0.05) is 6.92 Å². The Labute approximate surface area is 109 Å². The Hall–Kier alpha value is -2.41. The van der Waals surface area contributed by atoms with Gasteiger partial charge in [-0.3, -0.25) is 14.4 Å². The van der Waals surface area contributed by atoms with E-state index >= 15 is 0 Å². The predicted octanol–water partition coefficient (Wildman–Crippen LogP) is -0.422. The number of amides is 2. The number of anilines is 1. The van der Waals surface area contributed by atoms with Crippen LogP contribution in [0.25, 0.3) is 0 Å². The highest BCUT2D eigenvalue weighted by Crippen LogP contribution is 2.20. The van der Waals surface area contributed by atoms with Crippen molar-refractivity contribution in [3.05, 3.63) is 24.3 Å². The van der Waals surface area contributed by atoms with Crippen LogP contribution in [0, 0.1) is 0 Å². The molecule has 1 heterocycles. The molecule has 1 aliphatic rings. The van der Waals surface area contributed by atoms with Gasteiger partial charge in [-0.05, 0) is 24.3 Å². The molecule has 0 saturated carbocycles. The number of hydrogen-bond donors (Lipinski definition) is 2. The zero-order valence-corrected chi connectivity index (χ0v) is 10.5. The first-order valence-corrected chi connectivity index (χ1v) is 5.58. The maximum absolute atomic E-state index is 11.8. The number of carbonyl (C=O) groups is 3. The van der Waals surface area contributed by atoms with Gasteiger partial charge in [0.2, 0.25) is 5.91 Å². The van der Waals surface area contributed by atoms with Crippen LogP contribution >= 0.6 is 0 Å². The van der Waals surface area contributed by atoms with Crippen LogP contribution in [-0.4, -0.2) is 30.9 Å². The lowest BCUT2D eigenvalue weighted by Gasteiger charge is -2.17. The summed E-state index contributed by atoms with van der Waals surface area (Å²) in [5, 5.41) is 3.46. The quantitative estimate of drug-likeness (QED) is 0.723. The molecule has 0 bridgehead atoms. The Kier molecular flexibility index (Phi) is 3.48. The van der Waals surface area contributed by atoms with Gasteiger partial charge < -0.3 is 10.1 Å². The Bertz CT molecular complexity index is 526. The molecule has 0 spiro atoms. The van der Waals surface area contributed by atoms with E-state index in [1.54, 1.807) is 24.3 Å². The second kappa shape index (κ2) is 5.07. The van der Waals surface area contributed by atoms with E-state index in [0.29, 0.717) is 11.4 Å². The van der Waals surface area contributed by atoms with E-state index in [1.807, 2.05) is 0 Å². The van der Waals surface area contributed by atoms with Gasteiger partial charge in [0.05, 0.1) is 12.8 Å². The minimum Gasteiger partial charge on any atom is -0.497 e. The molecule has 0 aromatic heterocycles. The van der Waals surface area contributed by atoms with Gasteiger partial charge in [-0.2, -0.15) is 5.43 Å². The number of nitrogens with one attached hydrogen (secondary N) is 2. The maximum Gasteiger partial charge on any atom is 0.312 e. The van der Waals surface area contributed by atoms with Gasteiger partial charge in [-0.25, -0.2) is 5.01 Å². The van der Waals surface area contributed by atoms with Crippen LogP contribution < -0.4 is 20.5 Å². The van der Waals surface area contributed by atoms with E-state index < -0.39 is 23.8 Å². The summed E-state index contributed by atoms with van der Waals surface area (Å²) < 4.78 is 5.01. The summed E-state index contributed by atoms with van der Waals surface area (Å²) in [7, 11) is 1.53. The van der Waals surface area contributed by atoms with Crippen LogP contribution in [0.1, 0.15) is 6.92 Å². The summed E-state index contributed by atoms with van der Waals surface area (Å²) >= 11 is 0. The molecule has 1 fully saturated rings. The van der Waals surface area contributed by atoms with E-state index in [2.05, 4.69) is 10.7 Å². The molecule has 1 atom stereocenters. The number of carbonyl (C=O) groups excluding carboxylic acids is 3. The Morgan fingerprint density at radius 1 is 1.32 bits per heavy atom. The number of hydrogen-bond acceptors (Lipinski definition) is 5. The zero-order valence-electron chi connectivity index (χ0n) is 10.5. The molecule has 0 radical (unpaired) electrons. The Morgan fingerprint density at radius 2 is 1.95 bits per heavy atom. The van der Waals surface area contributed by atoms with Gasteiger partial charge in [-0.15, -0.1) is 0 Å². The SMILES string of the molecule is COc1ccc(N2NC(NC(C)=O)C(=O)C2=O)cc1. The lowest BCUT2D eigenvalue weighted by Crippen LogP contribution is -2.47. The van der Waals surface area contributed by atoms with Crippen LogP contribution in [0.15, 0.2) is 24.3 Å². The molecule has 1 unspecified atom stereocenters. The Morgan fingerprint density at radius 3 is 2.47 bits per heavy atom. The first-order chi connectivity index (χ1) is 9.02. The van der Waals surface area contributed by atoms with Crippen LogP contribution in [0.4, 0.5) is 5.69 Å². The van der Waals surface area contributed by atoms with Crippen molar-refractivity contribution >= 4 is 23.3 Å². The molecule has 1 saturated heterocycles. The smallest absolute Gasteiger partial charge is 0.312 e. The molecule has 0 aliphatic carbocycles. The van der Waals surface area contributed by atoms with Gasteiger partial charge in [0.15, 0.2) is 6.17 Å². The minimum absolute atomic E-state index is 0.393. The topological polar surface area (TPSA) is 87.7 Å². The van der Waals surface area contributed by atoms with E-state index in [1.165, 1.54) is 14.0 Å². The number of rotatable bonds is 3. The first-order valence-electron chi connectivity index (χ1n) is 5.58. The van der Waals surface area contributed by atoms with E-state index in [4.69, 9.17) is 4.74 Å². The van der Waals surface area contributed by atoms with Crippen LogP contribution in [-0.2, 0) is 14.4 Å². The van der Waals surface area contributed by atoms with Gasteiger partial charge in [0.25, 0.3) is 5.78 Å². The first kappa shape index (κ1) is 13.0. The van der Waals surface area contributed by atoms with Gasteiger partial charge in [-0.1, -0.05) is 0 Å². The fourth-order valence-corrected chi connectivity index (χ4v) is 1.70. The number of hydrazine groups is 1. The predicted molar refractivity (Wildman–Crippen MR) is 66.2 cm³/mol. The second-order valence-electron chi connectivity index (χ2n) is 3.97. The van der Waals surface area contributed by atoms with Gasteiger partial charge in [0.1, 0.15) is 5.75 Å². The number of benzene rings is 1. The maximum atomic E-state index is 11.8. The third kappa shape index (κ3) is 2.55. The van der Waals surface area contributed by atoms with Crippen molar-refractivity contribution in [2.45, 2.75) is 13.1 Å². The lowest BCUT2D eigenvalue weighted by atomic mass is 10.3. The molecule has 1 aromatic rings. The van der Waals surface area contributed by atoms with Crippen molar-refractivity contribution in [3.63, 3.8) is 0 Å². The van der Waals surface area contributed by atoms with Gasteiger partial charge >= 0.3 is 5.91 Å². The molecule has 1 aromatic carbocycles. The average Bonchev–Trinajstić information content (AvgIpc) is 2.67. The molecule has 7 heteroatoms. The summed E-state index contributed by atoms with van der Waals surface area (Å²) in [6.07, 6.45) is -1.02. The highest BCUT2D eigenvalue weighted by Gasteiger charge is 2.39. The van der Waals surface area contributed by atoms with Crippen molar-refractivity contribution in [2.24, 2.45) is 0 Å². The summed E-state index contributed by atoms with van der Waals surface area (Å²) in [5.41, 5.74) is 3.13. The number of Topliss-reactive ketones (excluding diaryl/α,β-unsaturated/α-hetero) is 1. The van der Waals surface area contributed by atoms with Crippen LogP contribution in [0.3, 0.4) is 0 Å².